The number of hydrogen-bond acceptors (Lipinski definition) is 2. The first-order chi connectivity index (χ1) is 9.06. The van der Waals surface area contributed by atoms with Crippen LogP contribution in [0.15, 0.2) is 22.7 Å². The minimum atomic E-state index is -1.04. The molecule has 1 saturated carbocycles. The lowest BCUT2D eigenvalue weighted by Gasteiger charge is -2.08. The van der Waals surface area contributed by atoms with E-state index >= 15 is 0 Å². The Labute approximate surface area is 119 Å². The van der Waals surface area contributed by atoms with Crippen LogP contribution in [0.2, 0.25) is 0 Å². The Morgan fingerprint density at radius 2 is 2.11 bits per heavy atom. The molecule has 2 rings (SSSR count). The summed E-state index contributed by atoms with van der Waals surface area (Å²) in [6.07, 6.45) is 3.53. The lowest BCUT2D eigenvalue weighted by atomic mass is 10.2. The van der Waals surface area contributed by atoms with Gasteiger partial charge in [-0.2, -0.15) is 0 Å². The standard InChI is InChI=1S/C13H15BrN2O3/c14-11-4-3-9(7-10(11)12(17)18)16-13(19)15-6-5-8-1-2-8/h3-4,7-8H,1-2,5-6H2,(H,17,18)(H2,15,16,19). The van der Waals surface area contributed by atoms with Crippen LogP contribution in [-0.4, -0.2) is 23.7 Å². The molecular weight excluding hydrogens is 312 g/mol. The molecule has 19 heavy (non-hydrogen) atoms. The predicted molar refractivity (Wildman–Crippen MR) is 75.5 cm³/mol. The van der Waals surface area contributed by atoms with Gasteiger partial charge >= 0.3 is 12.0 Å². The number of aromatic carboxylic acids is 1. The summed E-state index contributed by atoms with van der Waals surface area (Å²) in [5.74, 6) is -0.267. The third-order valence-electron chi connectivity index (χ3n) is 2.99. The number of hydrogen-bond donors (Lipinski definition) is 3. The van der Waals surface area contributed by atoms with Crippen molar-refractivity contribution in [2.75, 3.05) is 11.9 Å². The Morgan fingerprint density at radius 1 is 1.37 bits per heavy atom. The van der Waals surface area contributed by atoms with Crippen molar-refractivity contribution in [3.8, 4) is 0 Å². The molecule has 1 aliphatic rings. The van der Waals surface area contributed by atoms with Crippen LogP contribution in [0.1, 0.15) is 29.6 Å². The minimum Gasteiger partial charge on any atom is -0.478 e. The van der Waals surface area contributed by atoms with Crippen LogP contribution < -0.4 is 10.6 Å². The molecule has 2 amide bonds. The minimum absolute atomic E-state index is 0.121. The van der Waals surface area contributed by atoms with Crippen molar-refractivity contribution in [1.82, 2.24) is 5.32 Å². The van der Waals surface area contributed by atoms with Crippen LogP contribution in [0, 0.1) is 5.92 Å². The Kier molecular flexibility index (Phi) is 4.42. The van der Waals surface area contributed by atoms with Gasteiger partial charge in [0.05, 0.1) is 5.56 Å². The summed E-state index contributed by atoms with van der Waals surface area (Å²) in [6, 6.07) is 4.37. The first-order valence-electron chi connectivity index (χ1n) is 6.14. The first kappa shape index (κ1) is 13.9. The number of benzene rings is 1. The zero-order chi connectivity index (χ0) is 13.8. The van der Waals surface area contributed by atoms with Crippen molar-refractivity contribution < 1.29 is 14.7 Å². The normalized spacial score (nSPS) is 13.9. The summed E-state index contributed by atoms with van der Waals surface area (Å²) in [5, 5.41) is 14.4. The summed E-state index contributed by atoms with van der Waals surface area (Å²) in [4.78, 5) is 22.6. The van der Waals surface area contributed by atoms with Gasteiger partial charge in [-0.1, -0.05) is 12.8 Å². The molecule has 1 fully saturated rings. The van der Waals surface area contributed by atoms with E-state index in [1.807, 2.05) is 0 Å². The number of amides is 2. The molecule has 0 heterocycles. The molecule has 0 atom stereocenters. The van der Waals surface area contributed by atoms with Crippen molar-refractivity contribution in [2.24, 2.45) is 5.92 Å². The average Bonchev–Trinajstić information content (AvgIpc) is 3.15. The van der Waals surface area contributed by atoms with Crippen LogP contribution >= 0.6 is 15.9 Å². The third kappa shape index (κ3) is 4.24. The molecule has 6 heteroatoms. The summed E-state index contributed by atoms with van der Waals surface area (Å²) >= 11 is 3.15. The molecule has 0 unspecified atom stereocenters. The largest absolute Gasteiger partial charge is 0.478 e. The molecule has 3 N–H and O–H groups in total. The van der Waals surface area contributed by atoms with Gasteiger partial charge in [-0.25, -0.2) is 9.59 Å². The molecule has 1 aromatic rings. The monoisotopic (exact) mass is 326 g/mol. The van der Waals surface area contributed by atoms with Crippen LogP contribution in [0.5, 0.6) is 0 Å². The van der Waals surface area contributed by atoms with Gasteiger partial charge in [-0.3, -0.25) is 0 Å². The molecule has 0 bridgehead atoms. The molecule has 0 aliphatic heterocycles. The number of rotatable bonds is 5. The Morgan fingerprint density at radius 3 is 2.74 bits per heavy atom. The van der Waals surface area contributed by atoms with E-state index in [1.54, 1.807) is 12.1 Å². The zero-order valence-electron chi connectivity index (χ0n) is 10.3. The van der Waals surface area contributed by atoms with E-state index in [0.29, 0.717) is 16.7 Å². The van der Waals surface area contributed by atoms with Crippen molar-refractivity contribution >= 4 is 33.6 Å². The maximum absolute atomic E-state index is 11.6. The van der Waals surface area contributed by atoms with Gasteiger partial charge in [0.25, 0.3) is 0 Å². The van der Waals surface area contributed by atoms with Gasteiger partial charge in [-0.05, 0) is 46.5 Å². The highest BCUT2D eigenvalue weighted by atomic mass is 79.9. The van der Waals surface area contributed by atoms with Crippen molar-refractivity contribution in [2.45, 2.75) is 19.3 Å². The quantitative estimate of drug-likeness (QED) is 0.778. The van der Waals surface area contributed by atoms with Gasteiger partial charge in [0.15, 0.2) is 0 Å². The van der Waals surface area contributed by atoms with Crippen molar-refractivity contribution in [1.29, 1.82) is 0 Å². The Bertz CT molecular complexity index is 501. The second-order valence-corrected chi connectivity index (χ2v) is 5.47. The fourth-order valence-corrected chi connectivity index (χ4v) is 2.15. The Hall–Kier alpha value is -1.56. The molecule has 5 nitrogen and oxygen atoms in total. The molecule has 1 aromatic carbocycles. The Balaban J connectivity index is 1.88. The van der Waals surface area contributed by atoms with Gasteiger partial charge in [0.1, 0.15) is 0 Å². The van der Waals surface area contributed by atoms with Crippen LogP contribution in [0.4, 0.5) is 10.5 Å². The highest BCUT2D eigenvalue weighted by Crippen LogP contribution is 2.31. The van der Waals surface area contributed by atoms with Gasteiger partial charge in [-0.15, -0.1) is 0 Å². The lowest BCUT2D eigenvalue weighted by molar-refractivity contribution is 0.0696. The topological polar surface area (TPSA) is 78.4 Å². The van der Waals surface area contributed by atoms with Crippen molar-refractivity contribution in [3.63, 3.8) is 0 Å². The number of carboxylic acid groups (broad SMARTS) is 1. The van der Waals surface area contributed by atoms with E-state index < -0.39 is 5.97 Å². The van der Waals surface area contributed by atoms with E-state index in [0.717, 1.165) is 12.3 Å². The maximum Gasteiger partial charge on any atom is 0.336 e. The molecular formula is C13H15BrN2O3. The number of nitrogens with one attached hydrogen (secondary N) is 2. The summed E-state index contributed by atoms with van der Waals surface area (Å²) in [7, 11) is 0. The number of carboxylic acids is 1. The van der Waals surface area contributed by atoms with Gasteiger partial charge < -0.3 is 15.7 Å². The molecule has 0 saturated heterocycles. The second-order valence-electron chi connectivity index (χ2n) is 4.61. The maximum atomic E-state index is 11.6. The highest BCUT2D eigenvalue weighted by Gasteiger charge is 2.20. The first-order valence-corrected chi connectivity index (χ1v) is 6.93. The van der Waals surface area contributed by atoms with E-state index in [2.05, 4.69) is 26.6 Å². The fraction of sp³-hybridized carbons (Fsp3) is 0.385. The SMILES string of the molecule is O=C(NCCC1CC1)Nc1ccc(Br)c(C(=O)O)c1. The van der Waals surface area contributed by atoms with Crippen LogP contribution in [0.3, 0.4) is 0 Å². The van der Waals surface area contributed by atoms with E-state index in [1.165, 1.54) is 18.9 Å². The number of carbonyl (C=O) groups is 2. The number of anilines is 1. The molecule has 0 aromatic heterocycles. The molecule has 0 radical (unpaired) electrons. The summed E-state index contributed by atoms with van der Waals surface area (Å²) < 4.78 is 0.486. The number of urea groups is 1. The summed E-state index contributed by atoms with van der Waals surface area (Å²) in [5.41, 5.74) is 0.584. The van der Waals surface area contributed by atoms with Crippen LogP contribution in [0.25, 0.3) is 0 Å². The smallest absolute Gasteiger partial charge is 0.336 e. The number of halogens is 1. The molecule has 0 spiro atoms. The molecule has 102 valence electrons. The fourth-order valence-electron chi connectivity index (χ4n) is 1.74. The molecule has 1 aliphatic carbocycles. The third-order valence-corrected chi connectivity index (χ3v) is 3.68. The van der Waals surface area contributed by atoms with E-state index in [4.69, 9.17) is 5.11 Å². The van der Waals surface area contributed by atoms with E-state index in [-0.39, 0.29) is 11.6 Å². The van der Waals surface area contributed by atoms with E-state index in [9.17, 15) is 9.59 Å². The lowest BCUT2D eigenvalue weighted by Crippen LogP contribution is -2.29. The van der Waals surface area contributed by atoms with Gasteiger partial charge in [0.2, 0.25) is 0 Å². The van der Waals surface area contributed by atoms with Gasteiger partial charge in [0, 0.05) is 16.7 Å². The van der Waals surface area contributed by atoms with Crippen LogP contribution in [-0.2, 0) is 0 Å². The second kappa shape index (κ2) is 6.06. The zero-order valence-corrected chi connectivity index (χ0v) is 11.9. The summed E-state index contributed by atoms with van der Waals surface area (Å²) in [6.45, 7) is 0.652. The van der Waals surface area contributed by atoms with Crippen molar-refractivity contribution in [3.05, 3.63) is 28.2 Å². The highest BCUT2D eigenvalue weighted by molar-refractivity contribution is 9.10. The number of carbonyl (C=O) groups excluding carboxylic acids is 1. The predicted octanol–water partition coefficient (Wildman–Crippen LogP) is 3.07. The average molecular weight is 327 g/mol.